The van der Waals surface area contributed by atoms with Crippen LogP contribution in [0.15, 0.2) is 85.5 Å². The molecule has 2 aliphatic rings. The summed E-state index contributed by atoms with van der Waals surface area (Å²) in [5, 5.41) is 3.45. The number of fused-ring (bicyclic) bond motifs is 1. The lowest BCUT2D eigenvalue weighted by Gasteiger charge is -2.31. The van der Waals surface area contributed by atoms with Gasteiger partial charge in [0.15, 0.2) is 0 Å². The summed E-state index contributed by atoms with van der Waals surface area (Å²) in [6.07, 6.45) is 9.74. The van der Waals surface area contributed by atoms with Crippen molar-refractivity contribution in [3.8, 4) is 0 Å². The summed E-state index contributed by atoms with van der Waals surface area (Å²) in [4.78, 5) is 9.88. The summed E-state index contributed by atoms with van der Waals surface area (Å²) in [6.45, 7) is 5.14. The molecule has 2 aromatic carbocycles. The van der Waals surface area contributed by atoms with Gasteiger partial charge < -0.3 is 15.2 Å². The van der Waals surface area contributed by atoms with Crippen LogP contribution in [0, 0.1) is 5.92 Å². The zero-order valence-corrected chi connectivity index (χ0v) is 15.1. The summed E-state index contributed by atoms with van der Waals surface area (Å²) in [5.74, 6) is 1.40. The van der Waals surface area contributed by atoms with Crippen LogP contribution < -0.4 is 10.2 Å². The Labute approximate surface area is 158 Å². The normalized spacial score (nSPS) is 22.1. The maximum Gasteiger partial charge on any atom is 0.0988 e. The van der Waals surface area contributed by atoms with Crippen molar-refractivity contribution in [3.05, 3.63) is 91.0 Å². The second-order valence-electron chi connectivity index (χ2n) is 7.15. The summed E-state index contributed by atoms with van der Waals surface area (Å²) < 4.78 is 0. The number of allylic oxidation sites excluding steroid dienone is 3. The Kier molecular flexibility index (Phi) is 3.82. The highest BCUT2D eigenvalue weighted by molar-refractivity contribution is 5.80. The standard InChI is InChI=1S/C23H22N4/c1-16-24-14-23(27(16)20-11-12-21-22(13-20)26-15-25-21)19-9-7-18(8-10-19)17-5-3-2-4-6-17/h2-9,11-13,15,19,23-24H,1,10,14H2,(H,25,26)/t19?,23-/m0/s1. The quantitative estimate of drug-likeness (QED) is 0.729. The zero-order chi connectivity index (χ0) is 18.2. The third-order valence-corrected chi connectivity index (χ3v) is 5.56. The van der Waals surface area contributed by atoms with E-state index in [9.17, 15) is 0 Å². The summed E-state index contributed by atoms with van der Waals surface area (Å²) in [5.41, 5.74) is 5.77. The van der Waals surface area contributed by atoms with Crippen LogP contribution in [0.1, 0.15) is 12.0 Å². The molecule has 0 radical (unpaired) electrons. The fourth-order valence-corrected chi connectivity index (χ4v) is 4.13. The van der Waals surface area contributed by atoms with Crippen LogP contribution in [-0.2, 0) is 0 Å². The maximum absolute atomic E-state index is 4.40. The van der Waals surface area contributed by atoms with Gasteiger partial charge in [-0.1, -0.05) is 55.1 Å². The van der Waals surface area contributed by atoms with Gasteiger partial charge in [-0.15, -0.1) is 0 Å². The SMILES string of the molecule is C=C1NC[C@@H](C2C=CC(c3ccccc3)=CC2)N1c1ccc2[nH]cnc2c1. The van der Waals surface area contributed by atoms with Gasteiger partial charge in [-0.25, -0.2) is 4.98 Å². The van der Waals surface area contributed by atoms with Gasteiger partial charge in [0.1, 0.15) is 0 Å². The highest BCUT2D eigenvalue weighted by atomic mass is 15.3. The molecule has 0 amide bonds. The second kappa shape index (κ2) is 6.47. The molecule has 5 rings (SSSR count). The molecule has 3 aromatic rings. The number of rotatable bonds is 3. The van der Waals surface area contributed by atoms with Crippen LogP contribution in [0.3, 0.4) is 0 Å². The highest BCUT2D eigenvalue weighted by Gasteiger charge is 2.33. The number of benzene rings is 2. The summed E-state index contributed by atoms with van der Waals surface area (Å²) in [6, 6.07) is 17.3. The number of anilines is 1. The first-order valence-corrected chi connectivity index (χ1v) is 9.38. The van der Waals surface area contributed by atoms with Crippen LogP contribution >= 0.6 is 0 Å². The molecule has 4 nitrogen and oxygen atoms in total. The lowest BCUT2D eigenvalue weighted by atomic mass is 9.87. The topological polar surface area (TPSA) is 44.0 Å². The molecule has 1 fully saturated rings. The Morgan fingerprint density at radius 1 is 1.11 bits per heavy atom. The molecule has 2 atom stereocenters. The van der Waals surface area contributed by atoms with E-state index in [1.54, 1.807) is 6.33 Å². The van der Waals surface area contributed by atoms with Gasteiger partial charge in [0.05, 0.1) is 29.2 Å². The minimum Gasteiger partial charge on any atom is -0.370 e. The van der Waals surface area contributed by atoms with E-state index >= 15 is 0 Å². The van der Waals surface area contributed by atoms with Gasteiger partial charge >= 0.3 is 0 Å². The smallest absolute Gasteiger partial charge is 0.0988 e. The number of hydrogen-bond acceptors (Lipinski definition) is 3. The van der Waals surface area contributed by atoms with Crippen molar-refractivity contribution in [2.24, 2.45) is 5.92 Å². The van der Waals surface area contributed by atoms with Crippen LogP contribution in [0.4, 0.5) is 5.69 Å². The van der Waals surface area contributed by atoms with Crippen LogP contribution in [-0.4, -0.2) is 22.6 Å². The third kappa shape index (κ3) is 2.83. The van der Waals surface area contributed by atoms with Gasteiger partial charge in [-0.05, 0) is 35.8 Å². The van der Waals surface area contributed by atoms with Crippen LogP contribution in [0.25, 0.3) is 16.6 Å². The van der Waals surface area contributed by atoms with Gasteiger partial charge in [-0.3, -0.25) is 0 Å². The average Bonchev–Trinajstić information content (AvgIpc) is 3.34. The van der Waals surface area contributed by atoms with E-state index in [0.717, 1.165) is 35.5 Å². The molecule has 2 N–H and O–H groups in total. The van der Waals surface area contributed by atoms with Gasteiger partial charge in [0, 0.05) is 18.2 Å². The monoisotopic (exact) mass is 354 g/mol. The Morgan fingerprint density at radius 3 is 2.81 bits per heavy atom. The fourth-order valence-electron chi connectivity index (χ4n) is 4.13. The Balaban J connectivity index is 1.40. The number of nitrogens with zero attached hydrogens (tertiary/aromatic N) is 2. The number of hydrogen-bond donors (Lipinski definition) is 2. The molecular weight excluding hydrogens is 332 g/mol. The molecule has 0 bridgehead atoms. The Morgan fingerprint density at radius 2 is 2.00 bits per heavy atom. The molecule has 1 aromatic heterocycles. The van der Waals surface area contributed by atoms with E-state index in [2.05, 4.69) is 93.5 Å². The largest absolute Gasteiger partial charge is 0.370 e. The molecule has 1 saturated heterocycles. The molecule has 27 heavy (non-hydrogen) atoms. The fraction of sp³-hybridized carbons (Fsp3) is 0.174. The Bertz CT molecular complexity index is 1040. The van der Waals surface area contributed by atoms with Crippen molar-refractivity contribution in [3.63, 3.8) is 0 Å². The number of H-pyrrole nitrogens is 1. The minimum atomic E-state index is 0.346. The molecule has 134 valence electrons. The number of aromatic amines is 1. The molecule has 1 unspecified atom stereocenters. The van der Waals surface area contributed by atoms with Crippen molar-refractivity contribution < 1.29 is 0 Å². The van der Waals surface area contributed by atoms with Crippen LogP contribution in [0.5, 0.6) is 0 Å². The van der Waals surface area contributed by atoms with E-state index in [1.165, 1.54) is 11.1 Å². The van der Waals surface area contributed by atoms with Crippen LogP contribution in [0.2, 0.25) is 0 Å². The summed E-state index contributed by atoms with van der Waals surface area (Å²) >= 11 is 0. The molecule has 0 spiro atoms. The molecule has 1 aliphatic carbocycles. The number of nitrogens with one attached hydrogen (secondary N) is 2. The lowest BCUT2D eigenvalue weighted by molar-refractivity contribution is 0.523. The second-order valence-corrected chi connectivity index (χ2v) is 7.15. The lowest BCUT2D eigenvalue weighted by Crippen LogP contribution is -2.36. The molecule has 4 heteroatoms. The molecular formula is C23H22N4. The molecule has 1 aliphatic heterocycles. The van der Waals surface area contributed by atoms with Gasteiger partial charge in [-0.2, -0.15) is 0 Å². The molecule has 0 saturated carbocycles. The van der Waals surface area contributed by atoms with Crippen molar-refractivity contribution in [1.82, 2.24) is 15.3 Å². The predicted molar refractivity (Wildman–Crippen MR) is 111 cm³/mol. The third-order valence-electron chi connectivity index (χ3n) is 5.56. The van der Waals surface area contributed by atoms with Gasteiger partial charge in [0.2, 0.25) is 0 Å². The van der Waals surface area contributed by atoms with Crippen molar-refractivity contribution in [2.45, 2.75) is 12.5 Å². The first kappa shape index (κ1) is 15.9. The minimum absolute atomic E-state index is 0.346. The van der Waals surface area contributed by atoms with Gasteiger partial charge in [0.25, 0.3) is 0 Å². The highest BCUT2D eigenvalue weighted by Crippen LogP contribution is 2.34. The zero-order valence-electron chi connectivity index (χ0n) is 15.1. The number of imidazole rings is 1. The maximum atomic E-state index is 4.40. The van der Waals surface area contributed by atoms with E-state index in [-0.39, 0.29) is 0 Å². The number of aromatic nitrogens is 2. The average molecular weight is 354 g/mol. The van der Waals surface area contributed by atoms with E-state index < -0.39 is 0 Å². The predicted octanol–water partition coefficient (Wildman–Crippen LogP) is 4.47. The van der Waals surface area contributed by atoms with Crippen molar-refractivity contribution in [1.29, 1.82) is 0 Å². The Hall–Kier alpha value is -3.27. The van der Waals surface area contributed by atoms with E-state index in [4.69, 9.17) is 0 Å². The first-order valence-electron chi connectivity index (χ1n) is 9.38. The summed E-state index contributed by atoms with van der Waals surface area (Å²) in [7, 11) is 0. The van der Waals surface area contributed by atoms with E-state index in [0.29, 0.717) is 12.0 Å². The van der Waals surface area contributed by atoms with Crippen molar-refractivity contribution in [2.75, 3.05) is 11.4 Å². The van der Waals surface area contributed by atoms with E-state index in [1.807, 2.05) is 0 Å². The molecule has 2 heterocycles. The van der Waals surface area contributed by atoms with Crippen molar-refractivity contribution >= 4 is 22.3 Å². The first-order chi connectivity index (χ1) is 13.3.